The summed E-state index contributed by atoms with van der Waals surface area (Å²) in [5.74, 6) is 1.04. The Morgan fingerprint density at radius 2 is 1.80 bits per heavy atom. The van der Waals surface area contributed by atoms with Gasteiger partial charge in [-0.3, -0.25) is 0 Å². The van der Waals surface area contributed by atoms with Gasteiger partial charge in [0.25, 0.3) is 0 Å². The quantitative estimate of drug-likeness (QED) is 0.536. The van der Waals surface area contributed by atoms with Crippen molar-refractivity contribution in [3.8, 4) is 0 Å². The van der Waals surface area contributed by atoms with E-state index in [2.05, 4.69) is 26.4 Å². The van der Waals surface area contributed by atoms with Gasteiger partial charge in [0, 0.05) is 30.1 Å². The van der Waals surface area contributed by atoms with Crippen LogP contribution in [-0.4, -0.2) is 35.7 Å². The number of carbonyl (C=O) groups is 1. The number of pyridine rings is 1. The molecule has 0 radical (unpaired) electrons. The van der Waals surface area contributed by atoms with E-state index in [9.17, 15) is 9.90 Å². The Bertz CT molecular complexity index is 1200. The SMILES string of the molecule is CCc1nc2c(C)cc(C)nc2n1Cc1cnc(N(C(=O)O)c2ccccc2)nc1. The lowest BCUT2D eigenvalue weighted by Crippen LogP contribution is -2.25. The van der Waals surface area contributed by atoms with E-state index in [1.165, 1.54) is 0 Å². The number of fused-ring (bicyclic) bond motifs is 1. The molecule has 8 heteroatoms. The van der Waals surface area contributed by atoms with Crippen LogP contribution in [-0.2, 0) is 13.0 Å². The Hall–Kier alpha value is -3.81. The summed E-state index contributed by atoms with van der Waals surface area (Å²) >= 11 is 0. The van der Waals surface area contributed by atoms with Gasteiger partial charge < -0.3 is 9.67 Å². The molecule has 8 nitrogen and oxygen atoms in total. The van der Waals surface area contributed by atoms with Gasteiger partial charge in [-0.25, -0.2) is 29.6 Å². The Morgan fingerprint density at radius 3 is 2.43 bits per heavy atom. The molecule has 0 aliphatic rings. The summed E-state index contributed by atoms with van der Waals surface area (Å²) < 4.78 is 2.07. The largest absolute Gasteiger partial charge is 0.464 e. The summed E-state index contributed by atoms with van der Waals surface area (Å²) in [5, 5.41) is 9.62. The van der Waals surface area contributed by atoms with E-state index in [0.717, 1.165) is 45.1 Å². The van der Waals surface area contributed by atoms with Crippen LogP contribution in [0.1, 0.15) is 29.6 Å². The number of anilines is 2. The minimum Gasteiger partial charge on any atom is -0.464 e. The monoisotopic (exact) mass is 402 g/mol. The van der Waals surface area contributed by atoms with Crippen molar-refractivity contribution in [1.29, 1.82) is 0 Å². The van der Waals surface area contributed by atoms with Crippen LogP contribution in [0.3, 0.4) is 0 Å². The smallest absolute Gasteiger partial charge is 0.418 e. The summed E-state index contributed by atoms with van der Waals surface area (Å²) in [6.07, 6.45) is 2.93. The number of amides is 1. The van der Waals surface area contributed by atoms with Gasteiger partial charge in [-0.15, -0.1) is 0 Å². The van der Waals surface area contributed by atoms with Gasteiger partial charge in [-0.1, -0.05) is 25.1 Å². The zero-order chi connectivity index (χ0) is 21.3. The molecule has 1 amide bonds. The predicted octanol–water partition coefficient (Wildman–Crippen LogP) is 4.26. The molecule has 0 saturated heterocycles. The Balaban J connectivity index is 1.68. The minimum absolute atomic E-state index is 0.105. The Morgan fingerprint density at radius 1 is 1.10 bits per heavy atom. The average molecular weight is 402 g/mol. The molecule has 4 rings (SSSR count). The molecular formula is C22H22N6O2. The lowest BCUT2D eigenvalue weighted by molar-refractivity contribution is 0.204. The maximum Gasteiger partial charge on any atom is 0.418 e. The van der Waals surface area contributed by atoms with Crippen molar-refractivity contribution in [3.05, 3.63) is 71.4 Å². The van der Waals surface area contributed by atoms with Crippen LogP contribution in [0.4, 0.5) is 16.4 Å². The number of hydrogen-bond donors (Lipinski definition) is 1. The second kappa shape index (κ2) is 7.90. The van der Waals surface area contributed by atoms with Crippen LogP contribution in [0.15, 0.2) is 48.8 Å². The molecule has 152 valence electrons. The summed E-state index contributed by atoms with van der Waals surface area (Å²) in [7, 11) is 0. The number of hydrogen-bond acceptors (Lipinski definition) is 5. The van der Waals surface area contributed by atoms with Crippen molar-refractivity contribution in [2.24, 2.45) is 0 Å². The van der Waals surface area contributed by atoms with E-state index in [4.69, 9.17) is 4.98 Å². The molecule has 1 N–H and O–H groups in total. The van der Waals surface area contributed by atoms with Crippen molar-refractivity contribution < 1.29 is 9.90 Å². The minimum atomic E-state index is -1.14. The molecule has 0 unspecified atom stereocenters. The molecule has 0 bridgehead atoms. The third-order valence-corrected chi connectivity index (χ3v) is 4.86. The molecule has 0 atom stereocenters. The van der Waals surface area contributed by atoms with E-state index in [1.54, 1.807) is 36.7 Å². The molecule has 3 heterocycles. The zero-order valence-corrected chi connectivity index (χ0v) is 17.1. The first-order valence-corrected chi connectivity index (χ1v) is 9.70. The standard InChI is InChI=1S/C22H22N6O2/c1-4-18-26-19-14(2)10-15(3)25-20(19)27(18)13-16-11-23-21(24-12-16)28(22(29)30)17-8-6-5-7-9-17/h5-12H,4,13H2,1-3H3,(H,29,30). The fraction of sp³-hybridized carbons (Fsp3) is 0.227. The van der Waals surface area contributed by atoms with E-state index >= 15 is 0 Å². The molecule has 0 aliphatic heterocycles. The van der Waals surface area contributed by atoms with Crippen LogP contribution >= 0.6 is 0 Å². The Kier molecular flexibility index (Phi) is 5.14. The second-order valence-corrected chi connectivity index (χ2v) is 7.07. The molecule has 0 fully saturated rings. The normalized spacial score (nSPS) is 11.0. The molecule has 1 aromatic carbocycles. The van der Waals surface area contributed by atoms with Crippen LogP contribution in [0.2, 0.25) is 0 Å². The maximum atomic E-state index is 11.8. The first-order valence-electron chi connectivity index (χ1n) is 9.70. The lowest BCUT2D eigenvalue weighted by atomic mass is 10.2. The number of aryl methyl sites for hydroxylation is 3. The van der Waals surface area contributed by atoms with Gasteiger partial charge in [0.1, 0.15) is 11.3 Å². The highest BCUT2D eigenvalue weighted by Crippen LogP contribution is 2.23. The third kappa shape index (κ3) is 3.59. The number of rotatable bonds is 5. The summed E-state index contributed by atoms with van der Waals surface area (Å²) in [6.45, 7) is 6.57. The van der Waals surface area contributed by atoms with Gasteiger partial charge in [-0.05, 0) is 37.6 Å². The number of benzene rings is 1. The summed E-state index contributed by atoms with van der Waals surface area (Å²) in [6, 6.07) is 10.8. The van der Waals surface area contributed by atoms with E-state index in [0.29, 0.717) is 12.2 Å². The highest BCUT2D eigenvalue weighted by molar-refractivity contribution is 5.92. The molecule has 30 heavy (non-hydrogen) atoms. The average Bonchev–Trinajstić information content (AvgIpc) is 3.08. The van der Waals surface area contributed by atoms with Gasteiger partial charge in [0.2, 0.25) is 5.95 Å². The summed E-state index contributed by atoms with van der Waals surface area (Å²) in [5.41, 5.74) is 5.10. The van der Waals surface area contributed by atoms with Crippen LogP contribution in [0, 0.1) is 13.8 Å². The van der Waals surface area contributed by atoms with Crippen molar-refractivity contribution in [1.82, 2.24) is 24.5 Å². The van der Waals surface area contributed by atoms with Gasteiger partial charge in [-0.2, -0.15) is 0 Å². The number of nitrogens with zero attached hydrogens (tertiary/aromatic N) is 6. The first kappa shape index (κ1) is 19.5. The van der Waals surface area contributed by atoms with E-state index < -0.39 is 6.09 Å². The second-order valence-electron chi connectivity index (χ2n) is 7.07. The molecule has 3 aromatic heterocycles. The van der Waals surface area contributed by atoms with Crippen LogP contribution in [0.5, 0.6) is 0 Å². The predicted molar refractivity (Wildman–Crippen MR) is 114 cm³/mol. The van der Waals surface area contributed by atoms with E-state index in [1.807, 2.05) is 26.0 Å². The number of aromatic nitrogens is 5. The molecule has 0 saturated carbocycles. The maximum absolute atomic E-state index is 11.8. The molecular weight excluding hydrogens is 380 g/mol. The van der Waals surface area contributed by atoms with Crippen molar-refractivity contribution in [3.63, 3.8) is 0 Å². The highest BCUT2D eigenvalue weighted by atomic mass is 16.4. The van der Waals surface area contributed by atoms with Crippen LogP contribution < -0.4 is 4.90 Å². The third-order valence-electron chi connectivity index (χ3n) is 4.86. The van der Waals surface area contributed by atoms with Gasteiger partial charge in [0.15, 0.2) is 5.65 Å². The lowest BCUT2D eigenvalue weighted by Gasteiger charge is -2.17. The number of imidazole rings is 1. The van der Waals surface area contributed by atoms with Crippen LogP contribution in [0.25, 0.3) is 11.2 Å². The Labute approximate surface area is 173 Å². The number of para-hydroxylation sites is 1. The molecule has 4 aromatic rings. The van der Waals surface area contributed by atoms with Crippen molar-refractivity contribution in [2.75, 3.05) is 4.90 Å². The van der Waals surface area contributed by atoms with Gasteiger partial charge in [0.05, 0.1) is 12.2 Å². The topological polar surface area (TPSA) is 97.0 Å². The van der Waals surface area contributed by atoms with Gasteiger partial charge >= 0.3 is 6.09 Å². The number of carboxylic acid groups (broad SMARTS) is 1. The fourth-order valence-electron chi connectivity index (χ4n) is 3.50. The van der Waals surface area contributed by atoms with E-state index in [-0.39, 0.29) is 5.95 Å². The molecule has 0 spiro atoms. The zero-order valence-electron chi connectivity index (χ0n) is 17.1. The van der Waals surface area contributed by atoms with Crippen molar-refractivity contribution >= 4 is 28.9 Å². The summed E-state index contributed by atoms with van der Waals surface area (Å²) in [4.78, 5) is 30.9. The fourth-order valence-corrected chi connectivity index (χ4v) is 3.50. The van der Waals surface area contributed by atoms with Crippen molar-refractivity contribution in [2.45, 2.75) is 33.7 Å². The molecule has 0 aliphatic carbocycles. The highest BCUT2D eigenvalue weighted by Gasteiger charge is 2.20. The first-order chi connectivity index (χ1) is 14.5.